The normalized spacial score (nSPS) is 10.7. The first-order chi connectivity index (χ1) is 9.69. The molecular formula is C14H12N2O4. The molecule has 3 rings (SSSR count). The zero-order valence-electron chi connectivity index (χ0n) is 11.0. The lowest BCUT2D eigenvalue weighted by atomic mass is 10.2. The van der Waals surface area contributed by atoms with E-state index in [4.69, 9.17) is 13.7 Å². The van der Waals surface area contributed by atoms with Crippen molar-refractivity contribution in [3.63, 3.8) is 0 Å². The molecule has 0 aliphatic carbocycles. The lowest BCUT2D eigenvalue weighted by Crippen LogP contribution is -2.12. The predicted molar refractivity (Wildman–Crippen MR) is 72.0 cm³/mol. The minimum Gasteiger partial charge on any atom is -0.492 e. The number of amides is 1. The minimum absolute atomic E-state index is 0.106. The van der Waals surface area contributed by atoms with Crippen molar-refractivity contribution >= 4 is 22.7 Å². The van der Waals surface area contributed by atoms with Crippen LogP contribution in [-0.2, 0) is 0 Å². The average molecular weight is 272 g/mol. The summed E-state index contributed by atoms with van der Waals surface area (Å²) in [5, 5.41) is 7.05. The van der Waals surface area contributed by atoms with Crippen LogP contribution in [0.25, 0.3) is 11.0 Å². The van der Waals surface area contributed by atoms with Gasteiger partial charge in [-0.2, -0.15) is 0 Å². The van der Waals surface area contributed by atoms with E-state index >= 15 is 0 Å². The van der Waals surface area contributed by atoms with Crippen LogP contribution in [0.2, 0.25) is 0 Å². The smallest absolute Gasteiger partial charge is 0.296 e. The zero-order chi connectivity index (χ0) is 14.1. The number of methoxy groups -OCH3 is 1. The molecule has 0 aliphatic rings. The Hall–Kier alpha value is -2.76. The van der Waals surface area contributed by atoms with E-state index in [1.165, 1.54) is 7.11 Å². The molecule has 2 heterocycles. The molecule has 20 heavy (non-hydrogen) atoms. The largest absolute Gasteiger partial charge is 0.492 e. The van der Waals surface area contributed by atoms with Crippen LogP contribution in [-0.4, -0.2) is 18.2 Å². The molecule has 2 aromatic heterocycles. The number of aromatic nitrogens is 1. The highest BCUT2D eigenvalue weighted by Gasteiger charge is 2.22. The van der Waals surface area contributed by atoms with Crippen LogP contribution < -0.4 is 10.1 Å². The lowest BCUT2D eigenvalue weighted by Gasteiger charge is -2.01. The number of carbonyl (C=O) groups excluding carboxylic acids is 1. The fraction of sp³-hybridized carbons (Fsp3) is 0.143. The maximum absolute atomic E-state index is 12.2. The summed E-state index contributed by atoms with van der Waals surface area (Å²) in [5.74, 6) is 1.01. The molecule has 0 unspecified atom stereocenters. The Morgan fingerprint density at radius 2 is 2.15 bits per heavy atom. The number of ether oxygens (including phenoxy) is 1. The molecule has 6 heteroatoms. The fourth-order valence-corrected chi connectivity index (χ4v) is 1.97. The first-order valence-electron chi connectivity index (χ1n) is 5.99. The van der Waals surface area contributed by atoms with Crippen molar-refractivity contribution in [3.05, 3.63) is 41.9 Å². The highest BCUT2D eigenvalue weighted by molar-refractivity contribution is 6.07. The first-order valence-corrected chi connectivity index (χ1v) is 5.99. The second-order valence-corrected chi connectivity index (χ2v) is 4.24. The first kappa shape index (κ1) is 12.3. The topological polar surface area (TPSA) is 77.5 Å². The van der Waals surface area contributed by atoms with Gasteiger partial charge in [0.05, 0.1) is 12.5 Å². The number of rotatable bonds is 3. The van der Waals surface area contributed by atoms with Gasteiger partial charge in [-0.25, -0.2) is 0 Å². The van der Waals surface area contributed by atoms with Crippen LogP contribution >= 0.6 is 0 Å². The Balaban J connectivity index is 1.98. The molecule has 102 valence electrons. The number of hydrogen-bond acceptors (Lipinski definition) is 5. The van der Waals surface area contributed by atoms with E-state index in [-0.39, 0.29) is 5.76 Å². The van der Waals surface area contributed by atoms with E-state index < -0.39 is 5.91 Å². The molecule has 1 amide bonds. The Bertz CT molecular complexity index is 772. The van der Waals surface area contributed by atoms with Gasteiger partial charge in [-0.3, -0.25) is 4.79 Å². The molecule has 0 atom stereocenters. The SMILES string of the molecule is COc1c(C(=O)Nc2cc(C)on2)oc2ccccc12. The number of aryl methyl sites for hydroxylation is 1. The van der Waals surface area contributed by atoms with Gasteiger partial charge in [-0.05, 0) is 19.1 Å². The van der Waals surface area contributed by atoms with Crippen molar-refractivity contribution < 1.29 is 18.5 Å². The van der Waals surface area contributed by atoms with Crippen molar-refractivity contribution in [1.29, 1.82) is 0 Å². The summed E-state index contributed by atoms with van der Waals surface area (Å²) in [6.07, 6.45) is 0. The summed E-state index contributed by atoms with van der Waals surface area (Å²) in [4.78, 5) is 12.2. The number of hydrogen-bond donors (Lipinski definition) is 1. The second kappa shape index (κ2) is 4.73. The molecule has 0 saturated carbocycles. The van der Waals surface area contributed by atoms with Crippen molar-refractivity contribution in [2.45, 2.75) is 6.92 Å². The number of fused-ring (bicyclic) bond motifs is 1. The van der Waals surface area contributed by atoms with Gasteiger partial charge in [0.2, 0.25) is 5.76 Å². The molecule has 3 aromatic rings. The summed E-state index contributed by atoms with van der Waals surface area (Å²) in [6, 6.07) is 8.90. The minimum atomic E-state index is -0.439. The number of nitrogens with zero attached hydrogens (tertiary/aromatic N) is 1. The summed E-state index contributed by atoms with van der Waals surface area (Å²) < 4.78 is 15.7. The van der Waals surface area contributed by atoms with Gasteiger partial charge in [-0.15, -0.1) is 0 Å². The van der Waals surface area contributed by atoms with E-state index in [0.29, 0.717) is 22.9 Å². The summed E-state index contributed by atoms with van der Waals surface area (Å²) in [7, 11) is 1.49. The Kier molecular flexibility index (Phi) is 2.90. The molecule has 0 saturated heterocycles. The van der Waals surface area contributed by atoms with E-state index in [2.05, 4.69) is 10.5 Å². The zero-order valence-corrected chi connectivity index (χ0v) is 11.0. The third-order valence-corrected chi connectivity index (χ3v) is 2.83. The van der Waals surface area contributed by atoms with Crippen LogP contribution in [0.1, 0.15) is 16.3 Å². The monoisotopic (exact) mass is 272 g/mol. The average Bonchev–Trinajstić information content (AvgIpc) is 3.01. The quantitative estimate of drug-likeness (QED) is 0.793. The van der Waals surface area contributed by atoms with Crippen LogP contribution in [0.4, 0.5) is 5.82 Å². The Morgan fingerprint density at radius 1 is 1.35 bits per heavy atom. The lowest BCUT2D eigenvalue weighted by molar-refractivity contribution is 0.0994. The summed E-state index contributed by atoms with van der Waals surface area (Å²) in [5.41, 5.74) is 0.589. The molecule has 0 spiro atoms. The van der Waals surface area contributed by atoms with Gasteiger partial charge >= 0.3 is 0 Å². The molecule has 0 radical (unpaired) electrons. The third-order valence-electron chi connectivity index (χ3n) is 2.83. The number of nitrogens with one attached hydrogen (secondary N) is 1. The Labute approximate surface area is 114 Å². The predicted octanol–water partition coefficient (Wildman–Crippen LogP) is 2.99. The van der Waals surface area contributed by atoms with Crippen LogP contribution in [0.15, 0.2) is 39.3 Å². The highest BCUT2D eigenvalue weighted by Crippen LogP contribution is 2.33. The van der Waals surface area contributed by atoms with E-state index in [9.17, 15) is 4.79 Å². The molecule has 0 aliphatic heterocycles. The van der Waals surface area contributed by atoms with E-state index in [0.717, 1.165) is 5.39 Å². The van der Waals surface area contributed by atoms with Gasteiger partial charge in [0.15, 0.2) is 11.6 Å². The van der Waals surface area contributed by atoms with Gasteiger partial charge in [0.25, 0.3) is 5.91 Å². The van der Waals surface area contributed by atoms with Crippen molar-refractivity contribution in [3.8, 4) is 5.75 Å². The molecule has 1 aromatic carbocycles. The number of furan rings is 1. The fourth-order valence-electron chi connectivity index (χ4n) is 1.97. The molecule has 0 bridgehead atoms. The summed E-state index contributed by atoms with van der Waals surface area (Å²) >= 11 is 0. The van der Waals surface area contributed by atoms with Gasteiger partial charge in [-0.1, -0.05) is 17.3 Å². The van der Waals surface area contributed by atoms with Gasteiger partial charge in [0, 0.05) is 6.07 Å². The second-order valence-electron chi connectivity index (χ2n) is 4.24. The number of para-hydroxylation sites is 1. The molecular weight excluding hydrogens is 260 g/mol. The summed E-state index contributed by atoms with van der Waals surface area (Å²) in [6.45, 7) is 1.74. The third kappa shape index (κ3) is 2.01. The van der Waals surface area contributed by atoms with E-state index in [1.54, 1.807) is 19.1 Å². The number of carbonyl (C=O) groups is 1. The maximum atomic E-state index is 12.2. The number of benzene rings is 1. The van der Waals surface area contributed by atoms with Crippen LogP contribution in [0.5, 0.6) is 5.75 Å². The van der Waals surface area contributed by atoms with Crippen molar-refractivity contribution in [2.75, 3.05) is 12.4 Å². The standard InChI is InChI=1S/C14H12N2O4/c1-8-7-11(16-20-8)15-14(17)13-12(18-2)9-5-3-4-6-10(9)19-13/h3-7H,1-2H3,(H,15,16,17). The van der Waals surface area contributed by atoms with Crippen molar-refractivity contribution in [2.24, 2.45) is 0 Å². The highest BCUT2D eigenvalue weighted by atomic mass is 16.5. The maximum Gasteiger partial charge on any atom is 0.296 e. The van der Waals surface area contributed by atoms with Gasteiger partial charge < -0.3 is 19.0 Å². The molecule has 1 N–H and O–H groups in total. The number of anilines is 1. The van der Waals surface area contributed by atoms with E-state index in [1.807, 2.05) is 18.2 Å². The van der Waals surface area contributed by atoms with Crippen LogP contribution in [0.3, 0.4) is 0 Å². The van der Waals surface area contributed by atoms with Crippen LogP contribution in [0, 0.1) is 6.92 Å². The van der Waals surface area contributed by atoms with Crippen molar-refractivity contribution in [1.82, 2.24) is 5.16 Å². The molecule has 0 fully saturated rings. The molecule has 6 nitrogen and oxygen atoms in total. The Morgan fingerprint density at radius 3 is 2.85 bits per heavy atom. The van der Waals surface area contributed by atoms with Gasteiger partial charge in [0.1, 0.15) is 11.3 Å².